The van der Waals surface area contributed by atoms with Crippen LogP contribution in [0, 0.1) is 5.41 Å². The molecule has 1 aliphatic heterocycles. The lowest BCUT2D eigenvalue weighted by molar-refractivity contribution is -0.132. The average molecular weight is 357 g/mol. The molecule has 1 fully saturated rings. The summed E-state index contributed by atoms with van der Waals surface area (Å²) in [6, 6.07) is 0. The van der Waals surface area contributed by atoms with E-state index in [1.165, 1.54) is 0 Å². The molecular weight excluding hydrogens is 320 g/mol. The second kappa shape index (κ2) is 7.94. The van der Waals surface area contributed by atoms with Crippen LogP contribution in [0.2, 0.25) is 0 Å². The van der Waals surface area contributed by atoms with Crippen molar-refractivity contribution in [2.45, 2.75) is 91.4 Å². The van der Waals surface area contributed by atoms with Crippen molar-refractivity contribution >= 4 is 12.0 Å². The van der Waals surface area contributed by atoms with Crippen LogP contribution in [0.4, 0.5) is 4.79 Å². The first-order valence-electron chi connectivity index (χ1n) is 9.28. The van der Waals surface area contributed by atoms with Gasteiger partial charge in [-0.15, -0.1) is 0 Å². The zero-order valence-electron chi connectivity index (χ0n) is 16.9. The van der Waals surface area contributed by atoms with Gasteiger partial charge >= 0.3 is 6.09 Å². The van der Waals surface area contributed by atoms with E-state index < -0.39 is 23.3 Å². The number of amides is 2. The van der Waals surface area contributed by atoms with Gasteiger partial charge < -0.3 is 15.2 Å². The summed E-state index contributed by atoms with van der Waals surface area (Å²) in [7, 11) is 0. The van der Waals surface area contributed by atoms with Gasteiger partial charge in [-0.1, -0.05) is 27.7 Å². The van der Waals surface area contributed by atoms with E-state index in [0.717, 1.165) is 6.42 Å². The minimum absolute atomic E-state index is 0.0114. The first-order valence-corrected chi connectivity index (χ1v) is 9.28. The molecule has 0 saturated carbocycles. The number of likely N-dealkylation sites (tertiary alicyclic amines) is 1. The fourth-order valence-corrected chi connectivity index (χ4v) is 3.38. The van der Waals surface area contributed by atoms with Crippen LogP contribution in [-0.2, 0) is 9.53 Å². The number of ether oxygens (including phenoxy) is 1. The molecule has 25 heavy (non-hydrogen) atoms. The zero-order chi connectivity index (χ0) is 19.5. The maximum atomic E-state index is 12.9. The van der Waals surface area contributed by atoms with Crippen molar-refractivity contribution in [2.24, 2.45) is 5.41 Å². The molecule has 0 aromatic heterocycles. The van der Waals surface area contributed by atoms with Gasteiger partial charge in [-0.05, 0) is 51.9 Å². The molecule has 0 aromatic carbocycles. The van der Waals surface area contributed by atoms with Crippen LogP contribution >= 0.6 is 0 Å². The van der Waals surface area contributed by atoms with Gasteiger partial charge in [0.2, 0.25) is 5.91 Å². The molecule has 2 amide bonds. The van der Waals surface area contributed by atoms with Crippen LogP contribution in [0.25, 0.3) is 0 Å². The van der Waals surface area contributed by atoms with E-state index in [-0.39, 0.29) is 17.9 Å². The van der Waals surface area contributed by atoms with Crippen molar-refractivity contribution in [3.05, 3.63) is 0 Å². The van der Waals surface area contributed by atoms with Crippen molar-refractivity contribution in [1.29, 1.82) is 0 Å². The monoisotopic (exact) mass is 356 g/mol. The second-order valence-corrected chi connectivity index (χ2v) is 9.25. The number of hydrogen-bond acceptors (Lipinski definition) is 4. The third kappa shape index (κ3) is 6.17. The highest BCUT2D eigenvalue weighted by molar-refractivity contribution is 5.90. The predicted molar refractivity (Wildman–Crippen MR) is 98.3 cm³/mol. The number of carbonyl (C=O) groups excluding carboxylic acids is 2. The second-order valence-electron chi connectivity index (χ2n) is 9.25. The summed E-state index contributed by atoms with van der Waals surface area (Å²) in [4.78, 5) is 27.0. The van der Waals surface area contributed by atoms with Crippen LogP contribution in [0.1, 0.15) is 74.1 Å². The van der Waals surface area contributed by atoms with Gasteiger partial charge in [0, 0.05) is 13.1 Å². The third-order valence-corrected chi connectivity index (χ3v) is 4.46. The molecule has 0 aromatic rings. The summed E-state index contributed by atoms with van der Waals surface area (Å²) in [5.74, 6) is -0.202. The highest BCUT2D eigenvalue weighted by Crippen LogP contribution is 2.34. The Kier molecular flexibility index (Phi) is 6.90. The Balaban J connectivity index is 2.79. The molecule has 0 spiro atoms. The summed E-state index contributed by atoms with van der Waals surface area (Å²) in [6.07, 6.45) is 1.46. The van der Waals surface area contributed by atoms with Crippen LogP contribution in [0.3, 0.4) is 0 Å². The molecule has 1 heterocycles. The van der Waals surface area contributed by atoms with Crippen molar-refractivity contribution < 1.29 is 19.4 Å². The number of rotatable bonds is 5. The molecule has 6 nitrogen and oxygen atoms in total. The van der Waals surface area contributed by atoms with Crippen LogP contribution in [0.5, 0.6) is 0 Å². The Morgan fingerprint density at radius 1 is 1.24 bits per heavy atom. The van der Waals surface area contributed by atoms with E-state index in [0.29, 0.717) is 25.8 Å². The first-order chi connectivity index (χ1) is 11.3. The lowest BCUT2D eigenvalue weighted by Crippen LogP contribution is -2.58. The topological polar surface area (TPSA) is 78.9 Å². The molecule has 1 rings (SSSR count). The minimum Gasteiger partial charge on any atom is -0.444 e. The van der Waals surface area contributed by atoms with Gasteiger partial charge in [-0.25, -0.2) is 4.79 Å². The number of nitrogens with one attached hydrogen (secondary N) is 1. The quantitative estimate of drug-likeness (QED) is 0.793. The molecule has 1 saturated heterocycles. The molecule has 2 N–H and O–H groups in total. The highest BCUT2D eigenvalue weighted by atomic mass is 16.6. The maximum Gasteiger partial charge on any atom is 0.411 e. The Morgan fingerprint density at radius 3 is 2.32 bits per heavy atom. The fraction of sp³-hybridized carbons (Fsp3) is 0.895. The zero-order valence-corrected chi connectivity index (χ0v) is 16.9. The van der Waals surface area contributed by atoms with Gasteiger partial charge in [0.25, 0.3) is 0 Å². The average Bonchev–Trinajstić information content (AvgIpc) is 2.86. The Bertz CT molecular complexity index is 479. The summed E-state index contributed by atoms with van der Waals surface area (Å²) in [5, 5.41) is 13.0. The Morgan fingerprint density at radius 2 is 1.84 bits per heavy atom. The predicted octanol–water partition coefficient (Wildman–Crippen LogP) is 3.08. The van der Waals surface area contributed by atoms with Gasteiger partial charge in [0.15, 0.2) is 0 Å². The third-order valence-electron chi connectivity index (χ3n) is 4.46. The van der Waals surface area contributed by atoms with E-state index in [1.807, 2.05) is 48.5 Å². The molecule has 6 heteroatoms. The first kappa shape index (κ1) is 21.7. The maximum absolute atomic E-state index is 12.9. The van der Waals surface area contributed by atoms with Crippen molar-refractivity contribution in [1.82, 2.24) is 10.2 Å². The van der Waals surface area contributed by atoms with E-state index in [4.69, 9.17) is 4.74 Å². The lowest BCUT2D eigenvalue weighted by atomic mass is 9.88. The normalized spacial score (nSPS) is 22.6. The summed E-state index contributed by atoms with van der Waals surface area (Å²) >= 11 is 0. The van der Waals surface area contributed by atoms with Gasteiger partial charge in [-0.2, -0.15) is 0 Å². The molecule has 1 aliphatic rings. The SMILES string of the molecule is CCC1(C(=O)NCC(O)CC(C)(C)C)CCCN1C(=O)OC(C)(C)C. The van der Waals surface area contributed by atoms with Crippen LogP contribution < -0.4 is 5.32 Å². The number of aliphatic hydroxyl groups excluding tert-OH is 1. The standard InChI is InChI=1S/C19H36N2O4/c1-8-19(15(23)20-13-14(22)12-17(2,3)4)10-9-11-21(19)16(24)25-18(5,6)7/h14,22H,8-13H2,1-7H3,(H,20,23). The lowest BCUT2D eigenvalue weighted by Gasteiger charge is -2.37. The van der Waals surface area contributed by atoms with Gasteiger partial charge in [0.1, 0.15) is 11.1 Å². The van der Waals surface area contributed by atoms with E-state index in [1.54, 1.807) is 4.90 Å². The van der Waals surface area contributed by atoms with Gasteiger partial charge in [-0.3, -0.25) is 9.69 Å². The molecule has 2 atom stereocenters. The van der Waals surface area contributed by atoms with Gasteiger partial charge in [0.05, 0.1) is 6.10 Å². The van der Waals surface area contributed by atoms with Crippen molar-refractivity contribution in [2.75, 3.05) is 13.1 Å². The fourth-order valence-electron chi connectivity index (χ4n) is 3.38. The van der Waals surface area contributed by atoms with Crippen LogP contribution in [-0.4, -0.2) is 52.3 Å². The smallest absolute Gasteiger partial charge is 0.411 e. The largest absolute Gasteiger partial charge is 0.444 e. The molecular formula is C19H36N2O4. The van der Waals surface area contributed by atoms with Crippen molar-refractivity contribution in [3.63, 3.8) is 0 Å². The summed E-state index contributed by atoms with van der Waals surface area (Å²) in [6.45, 7) is 14.2. The summed E-state index contributed by atoms with van der Waals surface area (Å²) in [5.41, 5.74) is -1.50. The number of hydrogen-bond donors (Lipinski definition) is 2. The van der Waals surface area contributed by atoms with Crippen LogP contribution in [0.15, 0.2) is 0 Å². The Labute approximate surface area is 152 Å². The van der Waals surface area contributed by atoms with E-state index >= 15 is 0 Å². The summed E-state index contributed by atoms with van der Waals surface area (Å²) < 4.78 is 5.48. The number of carbonyl (C=O) groups is 2. The number of aliphatic hydroxyl groups is 1. The van der Waals surface area contributed by atoms with E-state index in [9.17, 15) is 14.7 Å². The highest BCUT2D eigenvalue weighted by Gasteiger charge is 2.49. The molecule has 146 valence electrons. The molecule has 2 unspecified atom stereocenters. The van der Waals surface area contributed by atoms with E-state index in [2.05, 4.69) is 5.32 Å². The Hall–Kier alpha value is -1.30. The molecule has 0 radical (unpaired) electrons. The van der Waals surface area contributed by atoms with Crippen molar-refractivity contribution in [3.8, 4) is 0 Å². The minimum atomic E-state index is -0.885. The molecule has 0 aliphatic carbocycles. The number of nitrogens with zero attached hydrogens (tertiary/aromatic N) is 1. The molecule has 0 bridgehead atoms.